The van der Waals surface area contributed by atoms with Crippen LogP contribution in [0.15, 0.2) is 16.6 Å². The molecule has 1 aliphatic rings. The van der Waals surface area contributed by atoms with Crippen molar-refractivity contribution in [3.63, 3.8) is 0 Å². The Morgan fingerprint density at radius 2 is 2.15 bits per heavy atom. The molecule has 1 amide bonds. The number of benzene rings is 1. The molecule has 0 bridgehead atoms. The number of nitrogens with zero attached hydrogens (tertiary/aromatic N) is 1. The number of nitrogen functional groups attached to an aromatic ring is 1. The van der Waals surface area contributed by atoms with Gasteiger partial charge in [0.25, 0.3) is 5.91 Å². The fourth-order valence-electron chi connectivity index (χ4n) is 2.12. The third-order valence-electron chi connectivity index (χ3n) is 3.44. The number of amides is 1. The fraction of sp³-hybridized carbons (Fsp3) is 0.500. The maximum Gasteiger partial charge on any atom is 0.255 e. The summed E-state index contributed by atoms with van der Waals surface area (Å²) in [4.78, 5) is 14.4. The summed E-state index contributed by atoms with van der Waals surface area (Å²) < 4.78 is 14.0. The average Bonchev–Trinajstić information content (AvgIpc) is 2.54. The van der Waals surface area contributed by atoms with E-state index < -0.39 is 5.82 Å². The second kappa shape index (κ2) is 5.93. The lowest BCUT2D eigenvalue weighted by Gasteiger charge is -2.23. The summed E-state index contributed by atoms with van der Waals surface area (Å²) in [6.45, 7) is 5.80. The van der Waals surface area contributed by atoms with Crippen molar-refractivity contribution < 1.29 is 9.18 Å². The average molecular weight is 361 g/mol. The normalized spacial score (nSPS) is 18.7. The first-order chi connectivity index (χ1) is 9.30. The second-order valence-electron chi connectivity index (χ2n) is 5.50. The summed E-state index contributed by atoms with van der Waals surface area (Å²) >= 11 is 5.12. The van der Waals surface area contributed by atoms with Gasteiger partial charge in [0.05, 0.1) is 11.3 Å². The zero-order chi connectivity index (χ0) is 14.9. The van der Waals surface area contributed by atoms with Crippen LogP contribution in [0, 0.1) is 5.82 Å². The number of carbonyl (C=O) groups excluding carboxylic acids is 1. The lowest BCUT2D eigenvalue weighted by molar-refractivity contribution is 0.0763. The van der Waals surface area contributed by atoms with Crippen LogP contribution in [-0.2, 0) is 0 Å². The van der Waals surface area contributed by atoms with Crippen LogP contribution in [0.2, 0.25) is 0 Å². The number of hydrogen-bond acceptors (Lipinski definition) is 3. The van der Waals surface area contributed by atoms with Crippen LogP contribution < -0.4 is 5.73 Å². The molecule has 3 nitrogen and oxygen atoms in total. The van der Waals surface area contributed by atoms with Gasteiger partial charge in [-0.25, -0.2) is 4.39 Å². The number of nitrogens with two attached hydrogens (primary N) is 1. The molecular formula is C14H18BrFN2OS. The van der Waals surface area contributed by atoms with E-state index in [9.17, 15) is 9.18 Å². The minimum atomic E-state index is -0.513. The van der Waals surface area contributed by atoms with Crippen molar-refractivity contribution in [3.05, 3.63) is 28.0 Å². The highest BCUT2D eigenvalue weighted by atomic mass is 79.9. The summed E-state index contributed by atoms with van der Waals surface area (Å²) in [5, 5.41) is 0. The molecule has 1 fully saturated rings. The molecule has 2 rings (SSSR count). The van der Waals surface area contributed by atoms with Crippen molar-refractivity contribution in [2.75, 3.05) is 24.6 Å². The van der Waals surface area contributed by atoms with E-state index in [1.807, 2.05) is 16.7 Å². The maximum atomic E-state index is 13.3. The third-order valence-corrected chi connectivity index (χ3v) is 5.47. The number of thioether (sulfide) groups is 1. The highest BCUT2D eigenvalue weighted by Crippen LogP contribution is 2.32. The van der Waals surface area contributed by atoms with Crippen LogP contribution in [0.5, 0.6) is 0 Å². The van der Waals surface area contributed by atoms with E-state index in [1.165, 1.54) is 12.1 Å². The van der Waals surface area contributed by atoms with Gasteiger partial charge in [0.2, 0.25) is 0 Å². The Labute approximate surface area is 131 Å². The van der Waals surface area contributed by atoms with Crippen molar-refractivity contribution in [3.8, 4) is 0 Å². The van der Waals surface area contributed by atoms with Gasteiger partial charge < -0.3 is 10.6 Å². The fourth-order valence-corrected chi connectivity index (χ4v) is 3.71. The molecule has 0 unspecified atom stereocenters. The maximum absolute atomic E-state index is 13.3. The Balaban J connectivity index is 2.21. The summed E-state index contributed by atoms with van der Waals surface area (Å²) in [5.74, 6) is 0.301. The van der Waals surface area contributed by atoms with Gasteiger partial charge in [-0.2, -0.15) is 11.8 Å². The van der Waals surface area contributed by atoms with Crippen molar-refractivity contribution >= 4 is 39.3 Å². The quantitative estimate of drug-likeness (QED) is 0.779. The van der Waals surface area contributed by atoms with Gasteiger partial charge in [-0.15, -0.1) is 0 Å². The number of anilines is 1. The molecule has 1 aromatic rings. The van der Waals surface area contributed by atoms with Crippen LogP contribution >= 0.6 is 27.7 Å². The molecular weight excluding hydrogens is 343 g/mol. The Kier molecular flexibility index (Phi) is 4.64. The molecule has 1 heterocycles. The van der Waals surface area contributed by atoms with E-state index in [2.05, 4.69) is 29.8 Å². The van der Waals surface area contributed by atoms with Crippen LogP contribution in [0.1, 0.15) is 30.6 Å². The molecule has 20 heavy (non-hydrogen) atoms. The number of rotatable bonds is 1. The van der Waals surface area contributed by atoms with Gasteiger partial charge >= 0.3 is 0 Å². The Morgan fingerprint density at radius 3 is 2.85 bits per heavy atom. The molecule has 0 radical (unpaired) electrons. The smallest absolute Gasteiger partial charge is 0.255 e. The number of halogens is 2. The van der Waals surface area contributed by atoms with Gasteiger partial charge in [0.1, 0.15) is 5.82 Å². The first kappa shape index (κ1) is 15.6. The number of carbonyl (C=O) groups is 1. The van der Waals surface area contributed by atoms with Gasteiger partial charge in [-0.3, -0.25) is 4.79 Å². The van der Waals surface area contributed by atoms with Crippen molar-refractivity contribution in [1.82, 2.24) is 4.90 Å². The summed E-state index contributed by atoms with van der Waals surface area (Å²) in [5.41, 5.74) is 5.99. The van der Waals surface area contributed by atoms with Crippen molar-refractivity contribution in [2.45, 2.75) is 25.0 Å². The zero-order valence-electron chi connectivity index (χ0n) is 11.6. The standard InChI is InChI=1S/C14H18BrFN2OS/c1-14(2)3-4-18(5-6-20-14)13(19)9-7-12(17)11(16)8-10(9)15/h7-8H,3-6,17H2,1-2H3. The Hall–Kier alpha value is -0.750. The van der Waals surface area contributed by atoms with Crippen LogP contribution in [0.4, 0.5) is 10.1 Å². The topological polar surface area (TPSA) is 46.3 Å². The predicted molar refractivity (Wildman–Crippen MR) is 85.6 cm³/mol. The van der Waals surface area contributed by atoms with Crippen molar-refractivity contribution in [2.24, 2.45) is 0 Å². The molecule has 0 spiro atoms. The molecule has 0 saturated carbocycles. The first-order valence-electron chi connectivity index (χ1n) is 6.48. The molecule has 1 saturated heterocycles. The Bertz CT molecular complexity index is 536. The van der Waals surface area contributed by atoms with E-state index >= 15 is 0 Å². The highest BCUT2D eigenvalue weighted by molar-refractivity contribution is 9.10. The molecule has 110 valence electrons. The first-order valence-corrected chi connectivity index (χ1v) is 8.26. The van der Waals surface area contributed by atoms with Gasteiger partial charge in [-0.1, -0.05) is 13.8 Å². The van der Waals surface area contributed by atoms with E-state index in [0.29, 0.717) is 23.1 Å². The predicted octanol–water partition coefficient (Wildman–Crippen LogP) is 3.53. The summed E-state index contributed by atoms with van der Waals surface area (Å²) in [6.07, 6.45) is 0.942. The molecule has 1 aliphatic heterocycles. The molecule has 0 aliphatic carbocycles. The minimum absolute atomic E-state index is 0.000997. The van der Waals surface area contributed by atoms with Crippen molar-refractivity contribution in [1.29, 1.82) is 0 Å². The van der Waals surface area contributed by atoms with Crippen LogP contribution in [0.25, 0.3) is 0 Å². The van der Waals surface area contributed by atoms with E-state index in [-0.39, 0.29) is 16.3 Å². The largest absolute Gasteiger partial charge is 0.396 e. The molecule has 0 atom stereocenters. The lowest BCUT2D eigenvalue weighted by atomic mass is 10.1. The second-order valence-corrected chi connectivity index (χ2v) is 8.16. The molecule has 0 aromatic heterocycles. The van der Waals surface area contributed by atoms with E-state index in [1.54, 1.807) is 0 Å². The molecule has 6 heteroatoms. The summed E-state index contributed by atoms with van der Waals surface area (Å²) in [6, 6.07) is 2.66. The minimum Gasteiger partial charge on any atom is -0.396 e. The van der Waals surface area contributed by atoms with Crippen LogP contribution in [-0.4, -0.2) is 34.4 Å². The SMILES string of the molecule is CC1(C)CCN(C(=O)c2cc(N)c(F)cc2Br)CCS1. The van der Waals surface area contributed by atoms with Gasteiger partial charge in [-0.05, 0) is 34.5 Å². The monoisotopic (exact) mass is 360 g/mol. The highest BCUT2D eigenvalue weighted by Gasteiger charge is 2.27. The van der Waals surface area contributed by atoms with Gasteiger partial charge in [0, 0.05) is 28.1 Å². The van der Waals surface area contributed by atoms with E-state index in [4.69, 9.17) is 5.73 Å². The Morgan fingerprint density at radius 1 is 1.45 bits per heavy atom. The molecule has 1 aromatic carbocycles. The van der Waals surface area contributed by atoms with Crippen LogP contribution in [0.3, 0.4) is 0 Å². The third kappa shape index (κ3) is 3.47. The zero-order valence-corrected chi connectivity index (χ0v) is 14.0. The summed E-state index contributed by atoms with van der Waals surface area (Å²) in [7, 11) is 0. The van der Waals surface area contributed by atoms with E-state index in [0.717, 1.165) is 12.2 Å². The molecule has 2 N–H and O–H groups in total. The number of hydrogen-bond donors (Lipinski definition) is 1. The van der Waals surface area contributed by atoms with Gasteiger partial charge in [0.15, 0.2) is 0 Å². The lowest BCUT2D eigenvalue weighted by Crippen LogP contribution is -2.34.